The number of rotatable bonds is 6. The molecular weight excluding hydrogens is 288 g/mol. The monoisotopic (exact) mass is 311 g/mol. The third kappa shape index (κ3) is 4.11. The average Bonchev–Trinajstić information content (AvgIpc) is 2.27. The van der Waals surface area contributed by atoms with Crippen LogP contribution < -0.4 is 4.72 Å². The number of aliphatic hydroxyl groups is 1. The van der Waals surface area contributed by atoms with E-state index in [-0.39, 0.29) is 25.3 Å². The molecule has 2 saturated carbocycles. The first-order valence-electron chi connectivity index (χ1n) is 7.33. The minimum absolute atomic E-state index is 0.0642. The van der Waals surface area contributed by atoms with Crippen molar-refractivity contribution in [2.45, 2.75) is 57.0 Å². The molecule has 0 spiro atoms. The lowest BCUT2D eigenvalue weighted by Crippen LogP contribution is -2.43. The van der Waals surface area contributed by atoms with Gasteiger partial charge in [-0.1, -0.05) is 12.8 Å². The molecule has 0 amide bonds. The first kappa shape index (κ1) is 16.1. The second-order valence-corrected chi connectivity index (χ2v) is 7.94. The van der Waals surface area contributed by atoms with Crippen LogP contribution in [-0.4, -0.2) is 37.8 Å². The lowest BCUT2D eigenvalue weighted by atomic mass is 9.81. The van der Waals surface area contributed by atoms with E-state index in [0.717, 1.165) is 19.3 Å². The molecule has 0 saturated heterocycles. The highest BCUT2D eigenvalue weighted by atomic mass is 32.2. The van der Waals surface area contributed by atoms with Crippen molar-refractivity contribution in [3.8, 4) is 0 Å². The van der Waals surface area contributed by atoms with Crippen molar-refractivity contribution >= 4 is 10.0 Å². The third-order valence-corrected chi connectivity index (χ3v) is 5.98. The van der Waals surface area contributed by atoms with E-state index in [9.17, 15) is 22.3 Å². The first-order chi connectivity index (χ1) is 9.30. The number of alkyl halides is 2. The molecule has 118 valence electrons. The maximum Gasteiger partial charge on any atom is 0.251 e. The zero-order valence-electron chi connectivity index (χ0n) is 11.5. The molecule has 20 heavy (non-hydrogen) atoms. The predicted octanol–water partition coefficient (Wildman–Crippen LogP) is 1.89. The van der Waals surface area contributed by atoms with Crippen molar-refractivity contribution in [1.82, 2.24) is 4.72 Å². The molecule has 4 nitrogen and oxygen atoms in total. The van der Waals surface area contributed by atoms with Crippen LogP contribution in [0.4, 0.5) is 8.78 Å². The summed E-state index contributed by atoms with van der Waals surface area (Å²) in [5.74, 6) is -4.39. The highest BCUT2D eigenvalue weighted by Gasteiger charge is 2.43. The van der Waals surface area contributed by atoms with Crippen LogP contribution >= 0.6 is 0 Å². The van der Waals surface area contributed by atoms with Gasteiger partial charge in [0, 0.05) is 18.9 Å². The van der Waals surface area contributed by atoms with E-state index < -0.39 is 33.7 Å². The lowest BCUT2D eigenvalue weighted by Gasteiger charge is -2.32. The van der Waals surface area contributed by atoms with Crippen molar-refractivity contribution in [2.75, 3.05) is 12.3 Å². The van der Waals surface area contributed by atoms with Crippen molar-refractivity contribution in [2.24, 2.45) is 11.8 Å². The van der Waals surface area contributed by atoms with Crippen LogP contribution in [0.5, 0.6) is 0 Å². The Labute approximate surface area is 119 Å². The standard InChI is InChI=1S/C13H23F2NO3S/c14-13(15)7-2-1-6-11(13)9-20(18,19)16-8-12(17)10-4-3-5-10/h10-12,16-17H,1-9H2. The van der Waals surface area contributed by atoms with Crippen LogP contribution in [0.2, 0.25) is 0 Å². The highest BCUT2D eigenvalue weighted by Crippen LogP contribution is 2.39. The molecule has 0 aromatic carbocycles. The molecular formula is C13H23F2NO3S. The highest BCUT2D eigenvalue weighted by molar-refractivity contribution is 7.89. The predicted molar refractivity (Wildman–Crippen MR) is 72.0 cm³/mol. The normalized spacial score (nSPS) is 28.9. The van der Waals surface area contributed by atoms with Crippen molar-refractivity contribution < 1.29 is 22.3 Å². The Kier molecular flexibility index (Phi) is 5.02. The molecule has 2 fully saturated rings. The van der Waals surface area contributed by atoms with E-state index in [1.807, 2.05) is 0 Å². The molecule has 0 bridgehead atoms. The second kappa shape index (κ2) is 6.23. The Bertz CT molecular complexity index is 423. The van der Waals surface area contributed by atoms with E-state index in [1.165, 1.54) is 0 Å². The van der Waals surface area contributed by atoms with Gasteiger partial charge in [0.25, 0.3) is 5.92 Å². The van der Waals surface area contributed by atoms with Gasteiger partial charge in [0.2, 0.25) is 10.0 Å². The smallest absolute Gasteiger partial charge is 0.251 e. The summed E-state index contributed by atoms with van der Waals surface area (Å²) < 4.78 is 53.3. The van der Waals surface area contributed by atoms with Crippen LogP contribution in [0, 0.1) is 11.8 Å². The van der Waals surface area contributed by atoms with E-state index in [2.05, 4.69) is 4.72 Å². The van der Waals surface area contributed by atoms with Gasteiger partial charge in [0.05, 0.1) is 11.9 Å². The topological polar surface area (TPSA) is 66.4 Å². The summed E-state index contributed by atoms with van der Waals surface area (Å²) >= 11 is 0. The third-order valence-electron chi connectivity index (χ3n) is 4.54. The molecule has 0 radical (unpaired) electrons. The van der Waals surface area contributed by atoms with Gasteiger partial charge in [-0.2, -0.15) is 0 Å². The van der Waals surface area contributed by atoms with Gasteiger partial charge in [-0.3, -0.25) is 0 Å². The lowest BCUT2D eigenvalue weighted by molar-refractivity contribution is -0.0771. The summed E-state index contributed by atoms with van der Waals surface area (Å²) in [6, 6.07) is 0. The molecule has 2 N–H and O–H groups in total. The van der Waals surface area contributed by atoms with Gasteiger partial charge >= 0.3 is 0 Å². The molecule has 2 atom stereocenters. The summed E-state index contributed by atoms with van der Waals surface area (Å²) in [6.07, 6.45) is 3.30. The van der Waals surface area contributed by atoms with E-state index in [1.54, 1.807) is 0 Å². The Hall–Kier alpha value is -0.270. The molecule has 0 heterocycles. The Morgan fingerprint density at radius 1 is 1.20 bits per heavy atom. The minimum Gasteiger partial charge on any atom is -0.391 e. The molecule has 2 unspecified atom stereocenters. The minimum atomic E-state index is -3.75. The fourth-order valence-corrected chi connectivity index (χ4v) is 4.38. The number of halogens is 2. The molecule has 0 aliphatic heterocycles. The van der Waals surface area contributed by atoms with Gasteiger partial charge in [0.1, 0.15) is 0 Å². The molecule has 2 rings (SSSR count). The Morgan fingerprint density at radius 3 is 2.45 bits per heavy atom. The van der Waals surface area contributed by atoms with Crippen molar-refractivity contribution in [1.29, 1.82) is 0 Å². The van der Waals surface area contributed by atoms with E-state index >= 15 is 0 Å². The maximum absolute atomic E-state index is 13.6. The number of nitrogens with one attached hydrogen (secondary N) is 1. The molecule has 7 heteroatoms. The largest absolute Gasteiger partial charge is 0.391 e. The van der Waals surface area contributed by atoms with Crippen molar-refractivity contribution in [3.05, 3.63) is 0 Å². The first-order valence-corrected chi connectivity index (χ1v) is 8.98. The molecule has 0 aromatic heterocycles. The van der Waals surface area contributed by atoms with Gasteiger partial charge in [-0.15, -0.1) is 0 Å². The summed E-state index contributed by atoms with van der Waals surface area (Å²) in [6.45, 7) is -0.0642. The van der Waals surface area contributed by atoms with Gasteiger partial charge in [-0.25, -0.2) is 21.9 Å². The Balaban J connectivity index is 1.83. The van der Waals surface area contributed by atoms with Crippen LogP contribution in [0.3, 0.4) is 0 Å². The summed E-state index contributed by atoms with van der Waals surface area (Å²) in [5, 5.41) is 9.77. The van der Waals surface area contributed by atoms with Crippen LogP contribution in [0.25, 0.3) is 0 Å². The number of hydrogen-bond donors (Lipinski definition) is 2. The van der Waals surface area contributed by atoms with E-state index in [4.69, 9.17) is 0 Å². The number of aliphatic hydroxyl groups excluding tert-OH is 1. The van der Waals surface area contributed by atoms with Gasteiger partial charge in [-0.05, 0) is 31.6 Å². The molecule has 0 aromatic rings. The SMILES string of the molecule is O=S(=O)(CC1CCCCC1(F)F)NCC(O)C1CCC1. The Morgan fingerprint density at radius 2 is 1.90 bits per heavy atom. The average molecular weight is 311 g/mol. The van der Waals surface area contributed by atoms with Gasteiger partial charge < -0.3 is 5.11 Å². The van der Waals surface area contributed by atoms with Crippen LogP contribution in [0.1, 0.15) is 44.9 Å². The fourth-order valence-electron chi connectivity index (χ4n) is 2.90. The van der Waals surface area contributed by atoms with E-state index in [0.29, 0.717) is 12.8 Å². The summed E-state index contributed by atoms with van der Waals surface area (Å²) in [7, 11) is -3.75. The quantitative estimate of drug-likeness (QED) is 0.787. The zero-order chi connectivity index (χ0) is 14.8. The van der Waals surface area contributed by atoms with Crippen molar-refractivity contribution in [3.63, 3.8) is 0 Å². The number of hydrogen-bond acceptors (Lipinski definition) is 3. The number of sulfonamides is 1. The van der Waals surface area contributed by atoms with Crippen LogP contribution in [-0.2, 0) is 10.0 Å². The fraction of sp³-hybridized carbons (Fsp3) is 1.00. The van der Waals surface area contributed by atoms with Crippen LogP contribution in [0.15, 0.2) is 0 Å². The maximum atomic E-state index is 13.6. The van der Waals surface area contributed by atoms with Gasteiger partial charge in [0.15, 0.2) is 0 Å². The summed E-state index contributed by atoms with van der Waals surface area (Å²) in [5.41, 5.74) is 0. The second-order valence-electron chi connectivity index (χ2n) is 6.09. The molecule has 2 aliphatic rings. The molecule has 2 aliphatic carbocycles. The summed E-state index contributed by atoms with van der Waals surface area (Å²) in [4.78, 5) is 0. The zero-order valence-corrected chi connectivity index (χ0v) is 12.3.